The fourth-order valence-electron chi connectivity index (χ4n) is 0.701. The quantitative estimate of drug-likeness (QED) is 0.550. The van der Waals surface area contributed by atoms with Crippen molar-refractivity contribution in [3.63, 3.8) is 0 Å². The number of carbonyl (C=O) groups excluding carboxylic acids is 1. The van der Waals surface area contributed by atoms with Crippen LogP contribution < -0.4 is 0 Å². The summed E-state index contributed by atoms with van der Waals surface area (Å²) >= 11 is 0. The van der Waals surface area contributed by atoms with Gasteiger partial charge in [-0.05, 0) is 0 Å². The molecule has 1 rings (SSSR count). The molecule has 0 atom stereocenters. The Labute approximate surface area is 92.1 Å². The molecule has 1 aromatic carbocycles. The van der Waals surface area contributed by atoms with Gasteiger partial charge in [-0.3, -0.25) is 0 Å². The predicted molar refractivity (Wildman–Crippen MR) is 39.6 cm³/mol. The Kier molecular flexibility index (Phi) is 5.62. The number of hydrogen-bond acceptors (Lipinski definition) is 1. The monoisotopic (exact) mass is 221 g/mol. The van der Waals surface area contributed by atoms with E-state index < -0.39 is 0 Å². The summed E-state index contributed by atoms with van der Waals surface area (Å²) in [6.45, 7) is 3.49. The molecule has 1 nitrogen and oxygen atoms in total. The van der Waals surface area contributed by atoms with Gasteiger partial charge >= 0.3 is 0 Å². The van der Waals surface area contributed by atoms with Crippen LogP contribution in [-0.2, 0) is 32.7 Å². The normalized spacial score (nSPS) is 8.45. The maximum atomic E-state index is 10.9. The van der Waals surface area contributed by atoms with E-state index in [1.54, 1.807) is 12.1 Å². The molecule has 0 N–H and O–H groups in total. The van der Waals surface area contributed by atoms with Gasteiger partial charge < -0.3 is 11.7 Å². The molecule has 0 saturated carbocycles. The van der Waals surface area contributed by atoms with Gasteiger partial charge in [0.25, 0.3) is 0 Å². The first-order valence-electron chi connectivity index (χ1n) is 3.14. The maximum absolute atomic E-state index is 10.9. The second-order valence-electron chi connectivity index (χ2n) is 1.95. The molecule has 0 amide bonds. The number of ketones is 1. The fraction of sp³-hybridized carbons (Fsp3) is 0.111. The van der Waals surface area contributed by atoms with Crippen LogP contribution in [0.3, 0.4) is 0 Å². The van der Waals surface area contributed by atoms with E-state index in [4.69, 9.17) is 0 Å². The van der Waals surface area contributed by atoms with Gasteiger partial charge in [-0.25, -0.2) is 0 Å². The minimum absolute atomic E-state index is 0. The standard InChI is InChI=1S/C9H8O.Y/c1-2-9(10)8-6-4-3-5-7-8;/h3-6H,1-2H2;/q-2;. The minimum Gasteiger partial charge on any atom is -0.355 e. The maximum Gasteiger partial charge on any atom is 0.0492 e. The topological polar surface area (TPSA) is 17.1 Å². The van der Waals surface area contributed by atoms with Crippen molar-refractivity contribution in [3.05, 3.63) is 42.8 Å². The van der Waals surface area contributed by atoms with Crippen LogP contribution in [0.2, 0.25) is 0 Å². The first kappa shape index (κ1) is 11.0. The molecule has 1 radical (unpaired) electrons. The molecule has 0 aliphatic carbocycles. The molecule has 0 unspecified atom stereocenters. The van der Waals surface area contributed by atoms with Crippen LogP contribution in [0, 0.1) is 13.0 Å². The SMILES string of the molecule is [CH2-]CC(=O)c1[c-]cccc1.[Y]. The number of Topliss-reactive ketones (excluding diaryl/α,β-unsaturated/α-hetero) is 1. The molecule has 55 valence electrons. The molecule has 2 heteroatoms. The van der Waals surface area contributed by atoms with Crippen molar-refractivity contribution >= 4 is 5.78 Å². The molecule has 0 bridgehead atoms. The van der Waals surface area contributed by atoms with Crippen molar-refractivity contribution in [2.24, 2.45) is 0 Å². The van der Waals surface area contributed by atoms with Crippen molar-refractivity contribution in [1.29, 1.82) is 0 Å². The van der Waals surface area contributed by atoms with E-state index in [1.165, 1.54) is 0 Å². The third-order valence-electron chi connectivity index (χ3n) is 1.24. The Hall–Kier alpha value is -0.00610. The van der Waals surface area contributed by atoms with Crippen LogP contribution >= 0.6 is 0 Å². The number of hydrogen-bond donors (Lipinski definition) is 0. The summed E-state index contributed by atoms with van der Waals surface area (Å²) < 4.78 is 0. The number of rotatable bonds is 2. The second kappa shape index (κ2) is 5.62. The molecule has 0 aliphatic heterocycles. The smallest absolute Gasteiger partial charge is 0.0492 e. The molecule has 0 fully saturated rings. The summed E-state index contributed by atoms with van der Waals surface area (Å²) in [5.74, 6) is 0.0422. The van der Waals surface area contributed by atoms with Crippen molar-refractivity contribution < 1.29 is 37.5 Å². The van der Waals surface area contributed by atoms with E-state index >= 15 is 0 Å². The third kappa shape index (κ3) is 3.26. The molecule has 0 aromatic heterocycles. The van der Waals surface area contributed by atoms with E-state index in [1.807, 2.05) is 12.1 Å². The average Bonchev–Trinajstić information content (AvgIpc) is 2.05. The summed E-state index contributed by atoms with van der Waals surface area (Å²) in [6.07, 6.45) is 0.306. The summed E-state index contributed by atoms with van der Waals surface area (Å²) in [4.78, 5) is 10.9. The van der Waals surface area contributed by atoms with Gasteiger partial charge in [0, 0.05) is 38.5 Å². The van der Waals surface area contributed by atoms with Crippen molar-refractivity contribution in [2.45, 2.75) is 6.42 Å². The number of benzene rings is 1. The molecule has 11 heavy (non-hydrogen) atoms. The molecule has 0 heterocycles. The van der Waals surface area contributed by atoms with Crippen molar-refractivity contribution in [1.82, 2.24) is 0 Å². The zero-order valence-corrected chi connectivity index (χ0v) is 9.05. The third-order valence-corrected chi connectivity index (χ3v) is 1.24. The van der Waals surface area contributed by atoms with E-state index in [0.717, 1.165) is 0 Å². The van der Waals surface area contributed by atoms with Crippen molar-refractivity contribution in [2.75, 3.05) is 0 Å². The average molecular weight is 221 g/mol. The Morgan fingerprint density at radius 1 is 1.55 bits per heavy atom. The molecule has 0 spiro atoms. The van der Waals surface area contributed by atoms with Gasteiger partial charge in [-0.15, -0.1) is 35.9 Å². The van der Waals surface area contributed by atoms with Gasteiger partial charge in [0.2, 0.25) is 0 Å². The molecular weight excluding hydrogens is 213 g/mol. The molecule has 0 saturated heterocycles. The summed E-state index contributed by atoms with van der Waals surface area (Å²) in [6, 6.07) is 9.95. The van der Waals surface area contributed by atoms with Crippen LogP contribution in [0.1, 0.15) is 16.8 Å². The molecule has 1 aromatic rings. The Morgan fingerprint density at radius 2 is 2.27 bits per heavy atom. The van der Waals surface area contributed by atoms with Crippen molar-refractivity contribution in [3.8, 4) is 0 Å². The predicted octanol–water partition coefficient (Wildman–Crippen LogP) is 1.89. The van der Waals surface area contributed by atoms with Gasteiger partial charge in [0.15, 0.2) is 0 Å². The van der Waals surface area contributed by atoms with Crippen LogP contribution in [0.25, 0.3) is 0 Å². The van der Waals surface area contributed by atoms with Gasteiger partial charge in [-0.2, -0.15) is 6.42 Å². The van der Waals surface area contributed by atoms with E-state index in [9.17, 15) is 4.79 Å². The Bertz CT molecular complexity index is 218. The van der Waals surface area contributed by atoms with Gasteiger partial charge in [0.05, 0.1) is 0 Å². The number of carbonyl (C=O) groups is 1. The zero-order valence-electron chi connectivity index (χ0n) is 6.21. The summed E-state index contributed by atoms with van der Waals surface area (Å²) in [5.41, 5.74) is 0.623. The zero-order chi connectivity index (χ0) is 7.40. The largest absolute Gasteiger partial charge is 0.355 e. The first-order chi connectivity index (χ1) is 4.84. The Balaban J connectivity index is 0.000001000. The van der Waals surface area contributed by atoms with E-state index in [2.05, 4.69) is 13.0 Å². The van der Waals surface area contributed by atoms with Gasteiger partial charge in [0.1, 0.15) is 0 Å². The molecular formula is C9H8OY-2. The van der Waals surface area contributed by atoms with Crippen LogP contribution in [-0.4, -0.2) is 5.78 Å². The van der Waals surface area contributed by atoms with Crippen LogP contribution in [0.4, 0.5) is 0 Å². The fourth-order valence-corrected chi connectivity index (χ4v) is 0.701. The first-order valence-corrected chi connectivity index (χ1v) is 3.14. The summed E-state index contributed by atoms with van der Waals surface area (Å²) in [7, 11) is 0. The molecule has 0 aliphatic rings. The van der Waals surface area contributed by atoms with Crippen LogP contribution in [0.5, 0.6) is 0 Å². The minimum atomic E-state index is 0. The van der Waals surface area contributed by atoms with Crippen LogP contribution in [0.15, 0.2) is 24.3 Å². The van der Waals surface area contributed by atoms with E-state index in [0.29, 0.717) is 12.0 Å². The summed E-state index contributed by atoms with van der Waals surface area (Å²) in [5, 5.41) is 0. The Morgan fingerprint density at radius 3 is 2.73 bits per heavy atom. The van der Waals surface area contributed by atoms with E-state index in [-0.39, 0.29) is 38.5 Å². The second-order valence-corrected chi connectivity index (χ2v) is 1.95. The van der Waals surface area contributed by atoms with Gasteiger partial charge in [-0.1, -0.05) is 0 Å².